The van der Waals surface area contributed by atoms with Gasteiger partial charge in [-0.15, -0.1) is 0 Å². The second-order valence-corrected chi connectivity index (χ2v) is 10.4. The number of piperazine rings is 1. The minimum Gasteiger partial charge on any atom is -0.422 e. The first-order chi connectivity index (χ1) is 19.1. The smallest absolute Gasteiger partial charge is 0.300 e. The van der Waals surface area contributed by atoms with Gasteiger partial charge in [-0.1, -0.05) is 6.07 Å². The molecule has 3 fully saturated rings. The van der Waals surface area contributed by atoms with Crippen LogP contribution in [0.25, 0.3) is 22.5 Å². The maximum atomic E-state index is 13.7. The highest BCUT2D eigenvalue weighted by atomic mass is 16.5. The van der Waals surface area contributed by atoms with Gasteiger partial charge in [0.05, 0.1) is 29.7 Å². The van der Waals surface area contributed by atoms with Crippen LogP contribution >= 0.6 is 0 Å². The predicted octanol–water partition coefficient (Wildman–Crippen LogP) is 2.44. The van der Waals surface area contributed by atoms with Gasteiger partial charge in [0.1, 0.15) is 11.6 Å². The number of aryl methyl sites for hydroxylation is 1. The number of ether oxygens (including phenoxy) is 1. The molecule has 7 rings (SSSR count). The molecule has 0 radical (unpaired) electrons. The molecule has 0 atom stereocenters. The minimum absolute atomic E-state index is 0.0109. The van der Waals surface area contributed by atoms with Gasteiger partial charge in [-0.2, -0.15) is 10.1 Å². The van der Waals surface area contributed by atoms with Gasteiger partial charge in [-0.25, -0.2) is 9.97 Å². The number of nitrogens with zero attached hydrogens (tertiary/aromatic N) is 7. The van der Waals surface area contributed by atoms with Crippen LogP contribution in [-0.2, 0) is 11.8 Å². The first-order valence-electron chi connectivity index (χ1n) is 13.5. The van der Waals surface area contributed by atoms with Crippen molar-refractivity contribution in [2.75, 3.05) is 61.0 Å². The zero-order valence-electron chi connectivity index (χ0n) is 21.9. The highest BCUT2D eigenvalue weighted by Crippen LogP contribution is 2.39. The summed E-state index contributed by atoms with van der Waals surface area (Å²) in [6, 6.07) is 7.84. The molecule has 1 amide bonds. The zero-order valence-corrected chi connectivity index (χ0v) is 21.9. The molecule has 0 aromatic carbocycles. The largest absolute Gasteiger partial charge is 0.422 e. The Morgan fingerprint density at radius 3 is 2.59 bits per heavy atom. The van der Waals surface area contributed by atoms with E-state index < -0.39 is 0 Å². The molecule has 3 aliphatic heterocycles. The molecule has 39 heavy (non-hydrogen) atoms. The second kappa shape index (κ2) is 9.62. The van der Waals surface area contributed by atoms with Crippen LogP contribution in [0.3, 0.4) is 0 Å². The molecular formula is C27H31N9O3. The van der Waals surface area contributed by atoms with Crippen molar-refractivity contribution < 1.29 is 13.9 Å². The quantitative estimate of drug-likeness (QED) is 0.398. The fraction of sp³-hybridized carbons (Fsp3) is 0.444. The third-order valence-corrected chi connectivity index (χ3v) is 7.91. The predicted molar refractivity (Wildman–Crippen MR) is 146 cm³/mol. The summed E-state index contributed by atoms with van der Waals surface area (Å²) in [7, 11) is 1.86. The summed E-state index contributed by atoms with van der Waals surface area (Å²) in [5, 5.41) is 10.5. The Hall–Kier alpha value is -4.03. The van der Waals surface area contributed by atoms with Crippen molar-refractivity contribution in [2.24, 2.45) is 7.05 Å². The van der Waals surface area contributed by atoms with Crippen molar-refractivity contribution in [1.82, 2.24) is 30.0 Å². The summed E-state index contributed by atoms with van der Waals surface area (Å²) in [5.74, 6) is 0.764. The van der Waals surface area contributed by atoms with E-state index in [0.29, 0.717) is 34.4 Å². The lowest BCUT2D eigenvalue weighted by Gasteiger charge is -2.48. The van der Waals surface area contributed by atoms with Crippen LogP contribution in [0.5, 0.6) is 0 Å². The van der Waals surface area contributed by atoms with Crippen molar-refractivity contribution in [2.45, 2.75) is 24.9 Å². The van der Waals surface area contributed by atoms with Crippen LogP contribution in [-0.4, -0.2) is 82.1 Å². The molecule has 202 valence electrons. The number of hydrogen-bond donors (Lipinski definition) is 2. The normalized spacial score (nSPS) is 18.9. The highest BCUT2D eigenvalue weighted by Gasteiger charge is 2.42. The molecule has 0 unspecified atom stereocenters. The van der Waals surface area contributed by atoms with Crippen molar-refractivity contribution >= 4 is 34.8 Å². The number of pyridine rings is 2. The Kier molecular flexibility index (Phi) is 5.93. The number of piperidine rings is 1. The fourth-order valence-electron chi connectivity index (χ4n) is 5.56. The molecule has 3 aliphatic rings. The van der Waals surface area contributed by atoms with Crippen LogP contribution in [0.1, 0.15) is 29.6 Å². The van der Waals surface area contributed by atoms with Gasteiger partial charge in [0.15, 0.2) is 5.58 Å². The van der Waals surface area contributed by atoms with E-state index in [1.54, 1.807) is 23.0 Å². The molecule has 12 heteroatoms. The van der Waals surface area contributed by atoms with E-state index in [1.165, 1.54) is 0 Å². The van der Waals surface area contributed by atoms with Gasteiger partial charge in [-0.3, -0.25) is 9.48 Å². The molecule has 2 N–H and O–H groups in total. The van der Waals surface area contributed by atoms with Crippen molar-refractivity contribution in [3.8, 4) is 11.3 Å². The third-order valence-electron chi connectivity index (χ3n) is 7.91. The fourth-order valence-corrected chi connectivity index (χ4v) is 5.56. The van der Waals surface area contributed by atoms with Crippen LogP contribution in [0.4, 0.5) is 17.7 Å². The van der Waals surface area contributed by atoms with Crippen molar-refractivity contribution in [3.63, 3.8) is 0 Å². The Morgan fingerprint density at radius 1 is 1.05 bits per heavy atom. The van der Waals surface area contributed by atoms with Crippen LogP contribution < -0.4 is 20.4 Å². The lowest BCUT2D eigenvalue weighted by atomic mass is 9.84. The van der Waals surface area contributed by atoms with Crippen LogP contribution in [0.2, 0.25) is 0 Å². The molecule has 0 saturated carbocycles. The number of nitrogens with one attached hydrogen (secondary N) is 2. The molecule has 4 aromatic rings. The molecule has 0 aliphatic carbocycles. The van der Waals surface area contributed by atoms with Gasteiger partial charge < -0.3 is 29.6 Å². The Bertz CT molecular complexity index is 1510. The van der Waals surface area contributed by atoms with E-state index in [1.807, 2.05) is 25.4 Å². The molecule has 7 heterocycles. The number of anilines is 3. The topological polar surface area (TPSA) is 126 Å². The standard InChI is InChI=1S/C27H31N9O3/c1-34-17-18(16-29-34)20-3-2-4-22(30-20)31-25(37)19-15-21-23(33-26(39-21)36-12-8-28-9-13-36)32-24(19)35-10-5-27(6-11-35)7-14-38-27/h2-4,15-17,28H,5-14H2,1H3,(H,30,31,37). The van der Waals surface area contributed by atoms with Crippen LogP contribution in [0, 0.1) is 0 Å². The maximum absolute atomic E-state index is 13.7. The first kappa shape index (κ1) is 24.0. The zero-order chi connectivity index (χ0) is 26.4. The number of amides is 1. The summed E-state index contributed by atoms with van der Waals surface area (Å²) in [6.07, 6.45) is 6.55. The van der Waals surface area contributed by atoms with Gasteiger partial charge in [0, 0.05) is 64.1 Å². The summed E-state index contributed by atoms with van der Waals surface area (Å²) in [5.41, 5.74) is 3.03. The van der Waals surface area contributed by atoms with Crippen molar-refractivity contribution in [3.05, 3.63) is 42.2 Å². The SMILES string of the molecule is Cn1cc(-c2cccc(NC(=O)c3cc4oc(N5CCNCC5)nc4nc3N3CCC4(CCO4)CC3)n2)cn1. The van der Waals surface area contributed by atoms with Crippen molar-refractivity contribution in [1.29, 1.82) is 0 Å². The number of carbonyl (C=O) groups excluding carboxylic acids is 1. The third kappa shape index (κ3) is 4.59. The van der Waals surface area contributed by atoms with Gasteiger partial charge in [0.25, 0.3) is 11.9 Å². The van der Waals surface area contributed by atoms with Gasteiger partial charge >= 0.3 is 0 Å². The summed E-state index contributed by atoms with van der Waals surface area (Å²) in [4.78, 5) is 32.2. The van der Waals surface area contributed by atoms with E-state index in [2.05, 4.69) is 30.5 Å². The van der Waals surface area contributed by atoms with E-state index in [9.17, 15) is 4.79 Å². The molecule has 4 aromatic heterocycles. The molecule has 0 bridgehead atoms. The van der Waals surface area contributed by atoms with E-state index >= 15 is 0 Å². The lowest BCUT2D eigenvalue weighted by Crippen LogP contribution is -2.52. The summed E-state index contributed by atoms with van der Waals surface area (Å²) >= 11 is 0. The van der Waals surface area contributed by atoms with E-state index in [-0.39, 0.29) is 11.5 Å². The van der Waals surface area contributed by atoms with Crippen LogP contribution in [0.15, 0.2) is 41.1 Å². The number of fused-ring (bicyclic) bond motifs is 1. The minimum atomic E-state index is -0.296. The van der Waals surface area contributed by atoms with E-state index in [0.717, 1.165) is 76.4 Å². The lowest BCUT2D eigenvalue weighted by molar-refractivity contribution is -0.158. The number of oxazole rings is 1. The van der Waals surface area contributed by atoms with Gasteiger partial charge in [-0.05, 0) is 31.4 Å². The summed E-state index contributed by atoms with van der Waals surface area (Å²) < 4.78 is 13.7. The Balaban J connectivity index is 1.21. The molecule has 12 nitrogen and oxygen atoms in total. The number of rotatable bonds is 5. The first-order valence-corrected chi connectivity index (χ1v) is 13.5. The number of hydrogen-bond acceptors (Lipinski definition) is 10. The second-order valence-electron chi connectivity index (χ2n) is 10.4. The molecule has 1 spiro atoms. The monoisotopic (exact) mass is 529 g/mol. The molecular weight excluding hydrogens is 498 g/mol. The highest BCUT2D eigenvalue weighted by molar-refractivity contribution is 6.08. The Morgan fingerprint density at radius 2 is 1.87 bits per heavy atom. The van der Waals surface area contributed by atoms with E-state index in [4.69, 9.17) is 19.1 Å². The number of carbonyl (C=O) groups is 1. The average Bonchev–Trinajstić information content (AvgIpc) is 3.58. The van der Waals surface area contributed by atoms with Gasteiger partial charge in [0.2, 0.25) is 5.65 Å². The summed E-state index contributed by atoms with van der Waals surface area (Å²) in [6.45, 7) is 5.70. The molecule has 3 saturated heterocycles. The maximum Gasteiger partial charge on any atom is 0.300 e. The number of aromatic nitrogens is 5. The Labute approximate surface area is 225 Å². The average molecular weight is 530 g/mol.